The third-order valence-electron chi connectivity index (χ3n) is 2.96. The van der Waals surface area contributed by atoms with Crippen LogP contribution in [0.2, 0.25) is 0 Å². The number of carbonyl (C=O) groups is 1. The van der Waals surface area contributed by atoms with Crippen molar-refractivity contribution in [3.63, 3.8) is 0 Å². The number of rotatable bonds is 4. The van der Waals surface area contributed by atoms with Crippen LogP contribution in [0.5, 0.6) is 0 Å². The second-order valence-electron chi connectivity index (χ2n) is 4.15. The van der Waals surface area contributed by atoms with E-state index >= 15 is 0 Å². The molecule has 4 heteroatoms. The number of carbonyl (C=O) groups excluding carboxylic acids is 1. The second-order valence-corrected chi connectivity index (χ2v) is 4.15. The van der Waals surface area contributed by atoms with E-state index in [4.69, 9.17) is 4.74 Å². The standard InChI is InChI=1S/C13H17NO3/c1-2-17-8-12(16)14-13-10-6-4-3-5-9(10)7-11(13)15/h3-6,11,13,15H,2,7-8H2,1H3,(H,14,16). The maximum atomic E-state index is 11.6. The summed E-state index contributed by atoms with van der Waals surface area (Å²) in [6.07, 6.45) is 0.0495. The summed E-state index contributed by atoms with van der Waals surface area (Å²) in [6, 6.07) is 7.47. The van der Waals surface area contributed by atoms with Gasteiger partial charge in [0.25, 0.3) is 0 Å². The SMILES string of the molecule is CCOCC(=O)NC1c2ccccc2CC1O. The van der Waals surface area contributed by atoms with Gasteiger partial charge in [0.1, 0.15) is 6.61 Å². The average Bonchev–Trinajstić information content (AvgIpc) is 2.64. The van der Waals surface area contributed by atoms with Crippen LogP contribution in [0.1, 0.15) is 24.1 Å². The van der Waals surface area contributed by atoms with Gasteiger partial charge in [-0.05, 0) is 18.1 Å². The number of fused-ring (bicyclic) bond motifs is 1. The first-order chi connectivity index (χ1) is 8.22. The molecule has 0 saturated carbocycles. The molecule has 0 aliphatic heterocycles. The van der Waals surface area contributed by atoms with Gasteiger partial charge in [0, 0.05) is 13.0 Å². The van der Waals surface area contributed by atoms with E-state index in [9.17, 15) is 9.90 Å². The number of hydrogen-bond donors (Lipinski definition) is 2. The normalized spacial score (nSPS) is 22.2. The van der Waals surface area contributed by atoms with Crippen molar-refractivity contribution in [2.24, 2.45) is 0 Å². The molecule has 1 aliphatic carbocycles. The minimum Gasteiger partial charge on any atom is -0.390 e. The highest BCUT2D eigenvalue weighted by Crippen LogP contribution is 2.30. The molecule has 1 aromatic rings. The maximum Gasteiger partial charge on any atom is 0.246 e. The Kier molecular flexibility index (Phi) is 3.76. The molecule has 92 valence electrons. The fourth-order valence-electron chi connectivity index (χ4n) is 2.16. The summed E-state index contributed by atoms with van der Waals surface area (Å²) < 4.78 is 5.04. The molecule has 0 spiro atoms. The number of hydrogen-bond acceptors (Lipinski definition) is 3. The third-order valence-corrected chi connectivity index (χ3v) is 2.96. The van der Waals surface area contributed by atoms with Crippen molar-refractivity contribution in [3.8, 4) is 0 Å². The summed E-state index contributed by atoms with van der Waals surface area (Å²) in [5, 5.41) is 12.7. The van der Waals surface area contributed by atoms with E-state index in [1.165, 1.54) is 0 Å². The molecule has 4 nitrogen and oxygen atoms in total. The molecule has 0 aromatic heterocycles. The minimum absolute atomic E-state index is 0.0435. The maximum absolute atomic E-state index is 11.6. The summed E-state index contributed by atoms with van der Waals surface area (Å²) in [7, 11) is 0. The minimum atomic E-state index is -0.544. The zero-order valence-corrected chi connectivity index (χ0v) is 9.85. The highest BCUT2D eigenvalue weighted by molar-refractivity contribution is 5.78. The molecule has 2 atom stereocenters. The Balaban J connectivity index is 2.04. The van der Waals surface area contributed by atoms with Gasteiger partial charge in [-0.3, -0.25) is 4.79 Å². The zero-order valence-electron chi connectivity index (χ0n) is 9.85. The van der Waals surface area contributed by atoms with Gasteiger partial charge < -0.3 is 15.2 Å². The Hall–Kier alpha value is -1.39. The van der Waals surface area contributed by atoms with Gasteiger partial charge in [-0.2, -0.15) is 0 Å². The number of nitrogens with one attached hydrogen (secondary N) is 1. The van der Waals surface area contributed by atoms with Crippen LogP contribution in [0.15, 0.2) is 24.3 Å². The third kappa shape index (κ3) is 2.65. The summed E-state index contributed by atoms with van der Waals surface area (Å²) in [6.45, 7) is 2.39. The Morgan fingerprint density at radius 3 is 3.06 bits per heavy atom. The lowest BCUT2D eigenvalue weighted by molar-refractivity contribution is -0.127. The topological polar surface area (TPSA) is 58.6 Å². The molecular weight excluding hydrogens is 218 g/mol. The molecule has 17 heavy (non-hydrogen) atoms. The molecule has 1 amide bonds. The first-order valence-electron chi connectivity index (χ1n) is 5.85. The highest BCUT2D eigenvalue weighted by atomic mass is 16.5. The van der Waals surface area contributed by atoms with Gasteiger partial charge >= 0.3 is 0 Å². The first kappa shape index (κ1) is 12.1. The predicted octanol–water partition coefficient (Wildman–Crippen LogP) is 0.797. The van der Waals surface area contributed by atoms with E-state index in [1.54, 1.807) is 0 Å². The van der Waals surface area contributed by atoms with Crippen molar-refractivity contribution in [1.82, 2.24) is 5.32 Å². The quantitative estimate of drug-likeness (QED) is 0.811. The van der Waals surface area contributed by atoms with Crippen molar-refractivity contribution in [1.29, 1.82) is 0 Å². The van der Waals surface area contributed by atoms with E-state index in [0.29, 0.717) is 13.0 Å². The van der Waals surface area contributed by atoms with Crippen molar-refractivity contribution in [2.75, 3.05) is 13.2 Å². The van der Waals surface area contributed by atoms with Crippen molar-refractivity contribution in [3.05, 3.63) is 35.4 Å². The highest BCUT2D eigenvalue weighted by Gasteiger charge is 2.31. The van der Waals surface area contributed by atoms with Gasteiger partial charge in [0.05, 0.1) is 12.1 Å². The van der Waals surface area contributed by atoms with Crippen molar-refractivity contribution < 1.29 is 14.6 Å². The fourth-order valence-corrected chi connectivity index (χ4v) is 2.16. The summed E-state index contributed by atoms with van der Waals surface area (Å²) >= 11 is 0. The van der Waals surface area contributed by atoms with Crippen LogP contribution in [-0.4, -0.2) is 30.3 Å². The summed E-state index contributed by atoms with van der Waals surface area (Å²) in [5.41, 5.74) is 2.10. The first-order valence-corrected chi connectivity index (χ1v) is 5.85. The predicted molar refractivity (Wildman–Crippen MR) is 63.5 cm³/mol. The lowest BCUT2D eigenvalue weighted by Gasteiger charge is -2.17. The molecule has 1 aromatic carbocycles. The van der Waals surface area contributed by atoms with Gasteiger partial charge in [-0.25, -0.2) is 0 Å². The molecule has 2 N–H and O–H groups in total. The number of ether oxygens (including phenoxy) is 1. The molecule has 0 radical (unpaired) electrons. The Morgan fingerprint density at radius 2 is 2.29 bits per heavy atom. The number of amides is 1. The van der Waals surface area contributed by atoms with Crippen LogP contribution in [0, 0.1) is 0 Å². The van der Waals surface area contributed by atoms with Crippen molar-refractivity contribution >= 4 is 5.91 Å². The van der Waals surface area contributed by atoms with Gasteiger partial charge in [-0.15, -0.1) is 0 Å². The molecule has 0 bridgehead atoms. The van der Waals surface area contributed by atoms with Crippen LogP contribution in [0.4, 0.5) is 0 Å². The molecule has 2 rings (SSSR count). The lowest BCUT2D eigenvalue weighted by Crippen LogP contribution is -2.36. The van der Waals surface area contributed by atoms with E-state index in [2.05, 4.69) is 5.32 Å². The van der Waals surface area contributed by atoms with Gasteiger partial charge in [-0.1, -0.05) is 24.3 Å². The Morgan fingerprint density at radius 1 is 1.53 bits per heavy atom. The Labute approximate surface area is 101 Å². The number of aliphatic hydroxyl groups is 1. The molecule has 0 heterocycles. The molecule has 0 saturated heterocycles. The largest absolute Gasteiger partial charge is 0.390 e. The monoisotopic (exact) mass is 235 g/mol. The molecule has 1 aliphatic rings. The molecule has 0 fully saturated rings. The van der Waals surface area contributed by atoms with E-state index < -0.39 is 6.10 Å². The van der Waals surface area contributed by atoms with Crippen LogP contribution in [-0.2, 0) is 16.0 Å². The van der Waals surface area contributed by atoms with Gasteiger partial charge in [0.15, 0.2) is 0 Å². The van der Waals surface area contributed by atoms with Crippen LogP contribution in [0.3, 0.4) is 0 Å². The zero-order chi connectivity index (χ0) is 12.3. The molecule has 2 unspecified atom stereocenters. The number of aliphatic hydroxyl groups excluding tert-OH is 1. The molecular formula is C13H17NO3. The Bertz CT molecular complexity index is 405. The summed E-state index contributed by atoms with van der Waals surface area (Å²) in [4.78, 5) is 11.6. The van der Waals surface area contributed by atoms with Gasteiger partial charge in [0.2, 0.25) is 5.91 Å². The fraction of sp³-hybridized carbons (Fsp3) is 0.462. The summed E-state index contributed by atoms with van der Waals surface area (Å²) in [5.74, 6) is -0.187. The average molecular weight is 235 g/mol. The van der Waals surface area contributed by atoms with E-state index in [0.717, 1.165) is 11.1 Å². The lowest BCUT2D eigenvalue weighted by atomic mass is 10.1. The second kappa shape index (κ2) is 5.29. The smallest absolute Gasteiger partial charge is 0.246 e. The van der Waals surface area contributed by atoms with Crippen LogP contribution >= 0.6 is 0 Å². The van der Waals surface area contributed by atoms with E-state index in [-0.39, 0.29) is 18.6 Å². The van der Waals surface area contributed by atoms with Crippen molar-refractivity contribution in [2.45, 2.75) is 25.5 Å². The van der Waals surface area contributed by atoms with Crippen LogP contribution < -0.4 is 5.32 Å². The number of benzene rings is 1. The van der Waals surface area contributed by atoms with Crippen LogP contribution in [0.25, 0.3) is 0 Å². The van der Waals surface area contributed by atoms with E-state index in [1.807, 2.05) is 31.2 Å².